The smallest absolute Gasteiger partial charge is 0.339 e. The van der Waals surface area contributed by atoms with Crippen molar-refractivity contribution in [2.45, 2.75) is 65.2 Å². The van der Waals surface area contributed by atoms with Crippen LogP contribution in [-0.4, -0.2) is 16.2 Å². The molecule has 1 aromatic carbocycles. The zero-order chi connectivity index (χ0) is 18.1. The molecule has 0 heterocycles. The number of phenols is 1. The van der Waals surface area contributed by atoms with Crippen LogP contribution in [0.15, 0.2) is 23.3 Å². The fourth-order valence-corrected chi connectivity index (χ4v) is 4.45. The first-order valence-electron chi connectivity index (χ1n) is 9.41. The Balaban J connectivity index is 2.15. The van der Waals surface area contributed by atoms with Crippen LogP contribution in [0.2, 0.25) is 0 Å². The van der Waals surface area contributed by atoms with E-state index < -0.39 is 5.97 Å². The van der Waals surface area contributed by atoms with Gasteiger partial charge in [0, 0.05) is 11.5 Å². The van der Waals surface area contributed by atoms with Gasteiger partial charge in [0.15, 0.2) is 0 Å². The van der Waals surface area contributed by atoms with Gasteiger partial charge in [0.2, 0.25) is 0 Å². The van der Waals surface area contributed by atoms with Crippen LogP contribution >= 0.6 is 0 Å². The van der Waals surface area contributed by atoms with E-state index in [0.29, 0.717) is 12.3 Å². The van der Waals surface area contributed by atoms with Gasteiger partial charge in [0.1, 0.15) is 11.3 Å². The molecule has 2 atom stereocenters. The largest absolute Gasteiger partial charge is 0.507 e. The first-order valence-corrected chi connectivity index (χ1v) is 9.41. The summed E-state index contributed by atoms with van der Waals surface area (Å²) in [5.74, 6) is -0.571. The lowest BCUT2D eigenvalue weighted by atomic mass is 9.68. The second-order valence-corrected chi connectivity index (χ2v) is 7.60. The number of carboxylic acids is 1. The van der Waals surface area contributed by atoms with Gasteiger partial charge >= 0.3 is 5.97 Å². The molecule has 2 aliphatic rings. The molecule has 3 rings (SSSR count). The Kier molecular flexibility index (Phi) is 5.03. The molecule has 0 saturated heterocycles. The number of benzene rings is 1. The standard InChI is InChI=1S/C22H28O3/c1-4-5-6-7-15-12-16-11-14(3)17-9-8-13(2)10-18(17)19(16)21(23)20(15)22(24)25/h10-12,17-18,23H,4-9H2,1-3H3,(H,24,25)/t17-,18+/m0/s1. The quantitative estimate of drug-likeness (QED) is 0.535. The van der Waals surface area contributed by atoms with Crippen LogP contribution in [0, 0.1) is 5.92 Å². The summed E-state index contributed by atoms with van der Waals surface area (Å²) in [4.78, 5) is 11.9. The highest BCUT2D eigenvalue weighted by molar-refractivity contribution is 5.94. The van der Waals surface area contributed by atoms with Crippen molar-refractivity contribution in [2.24, 2.45) is 5.92 Å². The maximum Gasteiger partial charge on any atom is 0.339 e. The van der Waals surface area contributed by atoms with E-state index in [1.165, 1.54) is 11.1 Å². The minimum absolute atomic E-state index is 0.0128. The number of allylic oxidation sites excluding steroid dienone is 3. The van der Waals surface area contributed by atoms with Crippen LogP contribution in [0.4, 0.5) is 0 Å². The average Bonchev–Trinajstić information content (AvgIpc) is 2.54. The van der Waals surface area contributed by atoms with Gasteiger partial charge in [0.05, 0.1) is 0 Å². The SMILES string of the molecule is CCCCCc1cc2c(c(O)c1C(=O)O)[C@@H]1C=C(C)CC[C@H]1C(C)=C2. The fraction of sp³-hybridized carbons (Fsp3) is 0.500. The van der Waals surface area contributed by atoms with Crippen molar-refractivity contribution >= 4 is 12.0 Å². The summed E-state index contributed by atoms with van der Waals surface area (Å²) in [5.41, 5.74) is 5.34. The van der Waals surface area contributed by atoms with E-state index in [1.807, 2.05) is 6.07 Å². The zero-order valence-corrected chi connectivity index (χ0v) is 15.4. The summed E-state index contributed by atoms with van der Waals surface area (Å²) in [7, 11) is 0. The van der Waals surface area contributed by atoms with Crippen molar-refractivity contribution in [1.29, 1.82) is 0 Å². The Bertz CT molecular complexity index is 755. The topological polar surface area (TPSA) is 57.5 Å². The highest BCUT2D eigenvalue weighted by Crippen LogP contribution is 2.49. The molecule has 0 unspecified atom stereocenters. The monoisotopic (exact) mass is 340 g/mol. The number of rotatable bonds is 5. The maximum atomic E-state index is 11.9. The third kappa shape index (κ3) is 3.24. The predicted molar refractivity (Wildman–Crippen MR) is 101 cm³/mol. The molecule has 0 amide bonds. The molecule has 2 aliphatic carbocycles. The van der Waals surface area contributed by atoms with Gasteiger partial charge in [-0.3, -0.25) is 0 Å². The van der Waals surface area contributed by atoms with Crippen LogP contribution < -0.4 is 0 Å². The Hall–Kier alpha value is -2.03. The molecule has 3 heteroatoms. The van der Waals surface area contributed by atoms with E-state index in [0.717, 1.165) is 48.8 Å². The molecule has 0 saturated carbocycles. The molecule has 0 bridgehead atoms. The molecular formula is C22H28O3. The van der Waals surface area contributed by atoms with Gasteiger partial charge in [0.25, 0.3) is 0 Å². The fourth-order valence-electron chi connectivity index (χ4n) is 4.45. The first-order chi connectivity index (χ1) is 11.9. The van der Waals surface area contributed by atoms with Crippen LogP contribution in [0.3, 0.4) is 0 Å². The summed E-state index contributed by atoms with van der Waals surface area (Å²) >= 11 is 0. The summed E-state index contributed by atoms with van der Waals surface area (Å²) in [6.45, 7) is 6.41. The molecule has 0 radical (unpaired) electrons. The van der Waals surface area contributed by atoms with E-state index in [9.17, 15) is 15.0 Å². The Labute approximate surface area is 150 Å². The molecule has 0 spiro atoms. The molecule has 0 fully saturated rings. The number of unbranched alkanes of at least 4 members (excludes halogenated alkanes) is 2. The van der Waals surface area contributed by atoms with E-state index in [2.05, 4.69) is 32.9 Å². The van der Waals surface area contributed by atoms with Crippen LogP contribution in [0.5, 0.6) is 5.75 Å². The average molecular weight is 340 g/mol. The highest BCUT2D eigenvalue weighted by Gasteiger charge is 2.35. The molecule has 2 N–H and O–H groups in total. The predicted octanol–water partition coefficient (Wildman–Crippen LogP) is 5.68. The number of aryl methyl sites for hydroxylation is 1. The molecule has 1 aromatic rings. The lowest BCUT2D eigenvalue weighted by Gasteiger charge is -2.36. The molecule has 0 aliphatic heterocycles. The molecular weight excluding hydrogens is 312 g/mol. The Morgan fingerprint density at radius 3 is 2.72 bits per heavy atom. The van der Waals surface area contributed by atoms with E-state index in [-0.39, 0.29) is 17.2 Å². The van der Waals surface area contributed by atoms with Gasteiger partial charge in [-0.25, -0.2) is 4.79 Å². The normalized spacial score (nSPS) is 21.9. The third-order valence-corrected chi connectivity index (χ3v) is 5.77. The number of carboxylic acid groups (broad SMARTS) is 1. The summed E-state index contributed by atoms with van der Waals surface area (Å²) in [6, 6.07) is 2.01. The first kappa shape index (κ1) is 17.8. The van der Waals surface area contributed by atoms with Gasteiger partial charge < -0.3 is 10.2 Å². The van der Waals surface area contributed by atoms with Gasteiger partial charge in [-0.05, 0) is 56.6 Å². The highest BCUT2D eigenvalue weighted by atomic mass is 16.4. The summed E-state index contributed by atoms with van der Waals surface area (Å²) in [5, 5.41) is 20.6. The van der Waals surface area contributed by atoms with Gasteiger partial charge in [-0.2, -0.15) is 0 Å². The third-order valence-electron chi connectivity index (χ3n) is 5.77. The zero-order valence-electron chi connectivity index (χ0n) is 15.4. The van der Waals surface area contributed by atoms with Gasteiger partial charge in [-0.1, -0.05) is 49.1 Å². The molecule has 134 valence electrons. The van der Waals surface area contributed by atoms with Crippen molar-refractivity contribution in [3.63, 3.8) is 0 Å². The number of aromatic hydroxyl groups is 1. The molecule has 25 heavy (non-hydrogen) atoms. The van der Waals surface area contributed by atoms with E-state index in [1.54, 1.807) is 0 Å². The van der Waals surface area contributed by atoms with Crippen LogP contribution in [0.1, 0.15) is 85.8 Å². The van der Waals surface area contributed by atoms with Crippen LogP contribution in [-0.2, 0) is 6.42 Å². The lowest BCUT2D eigenvalue weighted by molar-refractivity contribution is 0.0692. The van der Waals surface area contributed by atoms with Crippen molar-refractivity contribution in [3.05, 3.63) is 45.5 Å². The summed E-state index contributed by atoms with van der Waals surface area (Å²) < 4.78 is 0. The Morgan fingerprint density at radius 2 is 2.04 bits per heavy atom. The van der Waals surface area contributed by atoms with E-state index >= 15 is 0 Å². The molecule has 0 aromatic heterocycles. The minimum Gasteiger partial charge on any atom is -0.507 e. The summed E-state index contributed by atoms with van der Waals surface area (Å²) in [6.07, 6.45) is 10.3. The van der Waals surface area contributed by atoms with E-state index in [4.69, 9.17) is 0 Å². The minimum atomic E-state index is -1.02. The second-order valence-electron chi connectivity index (χ2n) is 7.60. The number of hydrogen-bond acceptors (Lipinski definition) is 2. The maximum absolute atomic E-state index is 11.9. The number of carbonyl (C=O) groups is 1. The second kappa shape index (κ2) is 7.07. The van der Waals surface area contributed by atoms with Crippen molar-refractivity contribution < 1.29 is 15.0 Å². The van der Waals surface area contributed by atoms with Crippen molar-refractivity contribution in [2.75, 3.05) is 0 Å². The number of hydrogen-bond donors (Lipinski definition) is 2. The van der Waals surface area contributed by atoms with Crippen molar-refractivity contribution in [3.8, 4) is 5.75 Å². The Morgan fingerprint density at radius 1 is 1.28 bits per heavy atom. The molecule has 3 nitrogen and oxygen atoms in total. The number of fused-ring (bicyclic) bond motifs is 3. The number of aromatic carboxylic acids is 1. The van der Waals surface area contributed by atoms with Crippen LogP contribution in [0.25, 0.3) is 6.08 Å². The van der Waals surface area contributed by atoms with Gasteiger partial charge in [-0.15, -0.1) is 0 Å². The lowest BCUT2D eigenvalue weighted by Crippen LogP contribution is -2.22. The van der Waals surface area contributed by atoms with Crippen molar-refractivity contribution in [1.82, 2.24) is 0 Å².